The number of hydrogen-bond acceptors (Lipinski definition) is 4. The van der Waals surface area contributed by atoms with E-state index >= 15 is 0 Å². The van der Waals surface area contributed by atoms with Crippen LogP contribution < -0.4 is 20.1 Å². The number of para-hydroxylation sites is 2. The monoisotopic (exact) mass is 486 g/mol. The Hall–Kier alpha value is -1.22. The van der Waals surface area contributed by atoms with E-state index in [0.29, 0.717) is 19.2 Å². The summed E-state index contributed by atoms with van der Waals surface area (Å²) < 4.78 is 11.8. The molecule has 2 N–H and O–H groups in total. The Morgan fingerprint density at radius 2 is 1.96 bits per heavy atom. The van der Waals surface area contributed by atoms with Crippen molar-refractivity contribution >= 4 is 29.9 Å². The third-order valence-corrected chi connectivity index (χ3v) is 5.69. The Balaban J connectivity index is 0.00000210. The van der Waals surface area contributed by atoms with Crippen LogP contribution in [0.3, 0.4) is 0 Å². The van der Waals surface area contributed by atoms with Gasteiger partial charge in [0, 0.05) is 32.2 Å². The summed E-state index contributed by atoms with van der Waals surface area (Å²) >= 11 is 0. The van der Waals surface area contributed by atoms with Crippen molar-refractivity contribution in [2.45, 2.75) is 50.3 Å². The molecule has 0 radical (unpaired) electrons. The van der Waals surface area contributed by atoms with Gasteiger partial charge in [0.25, 0.3) is 0 Å². The number of nitrogens with one attached hydrogen (secondary N) is 2. The first kappa shape index (κ1) is 20.5. The molecule has 2 fully saturated rings. The van der Waals surface area contributed by atoms with Gasteiger partial charge in [-0.05, 0) is 31.4 Å². The summed E-state index contributed by atoms with van der Waals surface area (Å²) in [6.45, 7) is 3.56. The topological polar surface area (TPSA) is 58.1 Å². The minimum absolute atomic E-state index is 0. The highest BCUT2D eigenvalue weighted by Crippen LogP contribution is 2.30. The van der Waals surface area contributed by atoms with Gasteiger partial charge in [-0.25, -0.2) is 0 Å². The average Bonchev–Trinajstić information content (AvgIpc) is 3.36. The number of rotatable bonds is 4. The SMILES string of the molecule is CN=C(NCC1COc2ccccc2O1)NC1CCN(C2CCCC2)C1.I. The van der Waals surface area contributed by atoms with Crippen molar-refractivity contribution in [2.75, 3.05) is 33.3 Å². The lowest BCUT2D eigenvalue weighted by Crippen LogP contribution is -2.49. The van der Waals surface area contributed by atoms with Crippen molar-refractivity contribution < 1.29 is 9.47 Å². The molecule has 0 spiro atoms. The molecule has 1 aromatic rings. The average molecular weight is 486 g/mol. The van der Waals surface area contributed by atoms with E-state index in [4.69, 9.17) is 9.47 Å². The second kappa shape index (κ2) is 9.82. The zero-order valence-corrected chi connectivity index (χ0v) is 18.4. The Labute approximate surface area is 179 Å². The minimum Gasteiger partial charge on any atom is -0.486 e. The molecule has 1 aliphatic carbocycles. The van der Waals surface area contributed by atoms with Gasteiger partial charge < -0.3 is 20.1 Å². The molecule has 4 rings (SSSR count). The molecule has 2 unspecified atom stereocenters. The first-order valence-corrected chi connectivity index (χ1v) is 9.91. The number of hydrogen-bond donors (Lipinski definition) is 2. The molecule has 3 aliphatic rings. The second-order valence-electron chi connectivity index (χ2n) is 7.51. The highest BCUT2D eigenvalue weighted by atomic mass is 127. The molecule has 1 saturated carbocycles. The Kier molecular flexibility index (Phi) is 7.46. The van der Waals surface area contributed by atoms with Gasteiger partial charge in [0.15, 0.2) is 17.5 Å². The molecule has 0 aromatic heterocycles. The molecule has 150 valence electrons. The third kappa shape index (κ3) is 5.19. The number of likely N-dealkylation sites (tertiary alicyclic amines) is 1. The third-order valence-electron chi connectivity index (χ3n) is 5.69. The van der Waals surface area contributed by atoms with Gasteiger partial charge in [-0.1, -0.05) is 25.0 Å². The molecule has 1 aromatic carbocycles. The number of fused-ring (bicyclic) bond motifs is 1. The maximum atomic E-state index is 6.00. The summed E-state index contributed by atoms with van der Waals surface area (Å²) in [7, 11) is 1.83. The molecule has 1 saturated heterocycles. The van der Waals surface area contributed by atoms with E-state index in [1.807, 2.05) is 31.3 Å². The van der Waals surface area contributed by atoms with Crippen LogP contribution in [0.25, 0.3) is 0 Å². The van der Waals surface area contributed by atoms with Crippen LogP contribution in [0.4, 0.5) is 0 Å². The number of nitrogens with zero attached hydrogens (tertiary/aromatic N) is 2. The zero-order chi connectivity index (χ0) is 17.8. The molecule has 2 aliphatic heterocycles. The normalized spacial score (nSPS) is 25.9. The van der Waals surface area contributed by atoms with E-state index in [2.05, 4.69) is 20.5 Å². The van der Waals surface area contributed by atoms with Gasteiger partial charge in [0.2, 0.25) is 0 Å². The number of benzene rings is 1. The zero-order valence-electron chi connectivity index (χ0n) is 16.0. The van der Waals surface area contributed by atoms with E-state index in [-0.39, 0.29) is 30.1 Å². The van der Waals surface area contributed by atoms with Gasteiger partial charge in [-0.3, -0.25) is 9.89 Å². The smallest absolute Gasteiger partial charge is 0.191 e. The van der Waals surface area contributed by atoms with Gasteiger partial charge >= 0.3 is 0 Å². The molecule has 7 heteroatoms. The predicted molar refractivity (Wildman–Crippen MR) is 118 cm³/mol. The molecule has 2 atom stereocenters. The van der Waals surface area contributed by atoms with Crippen LogP contribution in [0.5, 0.6) is 11.5 Å². The fraction of sp³-hybridized carbons (Fsp3) is 0.650. The summed E-state index contributed by atoms with van der Waals surface area (Å²) in [6, 6.07) is 9.11. The summed E-state index contributed by atoms with van der Waals surface area (Å²) in [6.07, 6.45) is 6.72. The lowest BCUT2D eigenvalue weighted by molar-refractivity contribution is 0.0935. The van der Waals surface area contributed by atoms with Crippen LogP contribution in [0, 0.1) is 0 Å². The lowest BCUT2D eigenvalue weighted by Gasteiger charge is -2.27. The van der Waals surface area contributed by atoms with Gasteiger partial charge in [0.1, 0.15) is 12.7 Å². The maximum Gasteiger partial charge on any atom is 0.191 e. The predicted octanol–water partition coefficient (Wildman–Crippen LogP) is 2.63. The summed E-state index contributed by atoms with van der Waals surface area (Å²) in [5, 5.41) is 6.98. The van der Waals surface area contributed by atoms with Crippen LogP contribution in [-0.4, -0.2) is 62.3 Å². The second-order valence-corrected chi connectivity index (χ2v) is 7.51. The van der Waals surface area contributed by atoms with E-state index in [0.717, 1.165) is 30.0 Å². The molecule has 0 amide bonds. The number of aliphatic imine (C=N–C) groups is 1. The quantitative estimate of drug-likeness (QED) is 0.390. The Morgan fingerprint density at radius 1 is 1.19 bits per heavy atom. The Morgan fingerprint density at radius 3 is 2.74 bits per heavy atom. The molecular formula is C20H31IN4O2. The van der Waals surface area contributed by atoms with Gasteiger partial charge in [-0.15, -0.1) is 24.0 Å². The van der Waals surface area contributed by atoms with Crippen LogP contribution >= 0.6 is 24.0 Å². The maximum absolute atomic E-state index is 6.00. The standard InChI is InChI=1S/C20H30N4O2.HI/c1-21-20(23-15-10-11-24(13-15)16-6-2-3-7-16)22-12-17-14-25-18-8-4-5-9-19(18)26-17;/h4-5,8-9,15-17H,2-3,6-7,10-14H2,1H3,(H2,21,22,23);1H. The Bertz CT molecular complexity index is 636. The van der Waals surface area contributed by atoms with Crippen molar-refractivity contribution in [3.8, 4) is 11.5 Å². The van der Waals surface area contributed by atoms with Crippen LogP contribution in [0.1, 0.15) is 32.1 Å². The van der Waals surface area contributed by atoms with E-state index in [9.17, 15) is 0 Å². The van der Waals surface area contributed by atoms with E-state index < -0.39 is 0 Å². The van der Waals surface area contributed by atoms with Gasteiger partial charge in [-0.2, -0.15) is 0 Å². The minimum atomic E-state index is -0.0120. The first-order valence-electron chi connectivity index (χ1n) is 9.91. The van der Waals surface area contributed by atoms with Crippen LogP contribution in [0.15, 0.2) is 29.3 Å². The summed E-state index contributed by atoms with van der Waals surface area (Å²) in [4.78, 5) is 7.04. The van der Waals surface area contributed by atoms with Crippen molar-refractivity contribution in [3.63, 3.8) is 0 Å². The van der Waals surface area contributed by atoms with Crippen LogP contribution in [0.2, 0.25) is 0 Å². The fourth-order valence-electron chi connectivity index (χ4n) is 4.27. The van der Waals surface area contributed by atoms with Crippen molar-refractivity contribution in [1.82, 2.24) is 15.5 Å². The largest absolute Gasteiger partial charge is 0.486 e. The van der Waals surface area contributed by atoms with Crippen LogP contribution in [-0.2, 0) is 0 Å². The van der Waals surface area contributed by atoms with Gasteiger partial charge in [0.05, 0.1) is 6.54 Å². The summed E-state index contributed by atoms with van der Waals surface area (Å²) in [5.41, 5.74) is 0. The number of halogens is 1. The van der Waals surface area contributed by atoms with Crippen molar-refractivity contribution in [3.05, 3.63) is 24.3 Å². The molecule has 2 heterocycles. The number of ether oxygens (including phenoxy) is 2. The van der Waals surface area contributed by atoms with E-state index in [1.165, 1.54) is 38.6 Å². The molecule has 0 bridgehead atoms. The molecule has 27 heavy (non-hydrogen) atoms. The lowest BCUT2D eigenvalue weighted by atomic mass is 10.2. The van der Waals surface area contributed by atoms with Crippen molar-refractivity contribution in [1.29, 1.82) is 0 Å². The molecule has 6 nitrogen and oxygen atoms in total. The highest BCUT2D eigenvalue weighted by Gasteiger charge is 2.30. The summed E-state index contributed by atoms with van der Waals surface area (Å²) in [5.74, 6) is 2.49. The highest BCUT2D eigenvalue weighted by molar-refractivity contribution is 14.0. The van der Waals surface area contributed by atoms with Crippen molar-refractivity contribution in [2.24, 2.45) is 4.99 Å². The fourth-order valence-corrected chi connectivity index (χ4v) is 4.27. The first-order chi connectivity index (χ1) is 12.8. The van der Waals surface area contributed by atoms with E-state index in [1.54, 1.807) is 0 Å². The molecular weight excluding hydrogens is 455 g/mol. The number of guanidine groups is 1.